The van der Waals surface area contributed by atoms with E-state index >= 15 is 0 Å². The second-order valence-corrected chi connectivity index (χ2v) is 3.43. The minimum Gasteiger partial charge on any atom is -0.445 e. The molecule has 0 fully saturated rings. The first-order valence-corrected chi connectivity index (χ1v) is 4.41. The monoisotopic (exact) mass is 249 g/mol. The smallest absolute Gasteiger partial charge is 0.445 e. The molecule has 0 aromatic rings. The summed E-state index contributed by atoms with van der Waals surface area (Å²) in [5.74, 6) is 0.681. The molecule has 0 aliphatic rings. The van der Waals surface area contributed by atoms with E-state index in [0.717, 1.165) is 0 Å². The van der Waals surface area contributed by atoms with Gasteiger partial charge in [-0.1, -0.05) is 15.9 Å². The van der Waals surface area contributed by atoms with Gasteiger partial charge in [0.25, 0.3) is 0 Å². The van der Waals surface area contributed by atoms with Crippen LogP contribution in [0.4, 0.5) is 12.9 Å². The van der Waals surface area contributed by atoms with E-state index in [2.05, 4.69) is 15.9 Å². The van der Waals surface area contributed by atoms with Crippen LogP contribution in [0, 0.1) is 0 Å². The summed E-state index contributed by atoms with van der Waals surface area (Å²) in [5, 5.41) is 0. The third-order valence-corrected chi connectivity index (χ3v) is 1.85. The predicted octanol–water partition coefficient (Wildman–Crippen LogP) is 3.67. The molecular weight excluding hydrogens is 243 g/mol. The molecule has 0 bridgehead atoms. The standard InChI is InChI=1S/C5H7BBrClF3/c7-5(2-1-3-8)4-6(9,10)11/h4H,1-3H2/q-1/b5-4-. The van der Waals surface area contributed by atoms with E-state index in [1.54, 1.807) is 0 Å². The van der Waals surface area contributed by atoms with Crippen molar-refractivity contribution in [1.82, 2.24) is 0 Å². The molecule has 0 N–H and O–H groups in total. The van der Waals surface area contributed by atoms with Crippen LogP contribution in [0.3, 0.4) is 0 Å². The van der Waals surface area contributed by atoms with E-state index in [0.29, 0.717) is 24.7 Å². The zero-order valence-corrected chi connectivity index (χ0v) is 8.01. The Morgan fingerprint density at radius 1 is 1.45 bits per heavy atom. The Kier molecular flexibility index (Phi) is 5.26. The molecule has 0 aliphatic carbocycles. The number of hydrogen-bond acceptors (Lipinski definition) is 0. The fourth-order valence-corrected chi connectivity index (χ4v) is 1.24. The molecule has 0 atom stereocenters. The van der Waals surface area contributed by atoms with Crippen molar-refractivity contribution >= 4 is 34.5 Å². The molecule has 0 unspecified atom stereocenters. The summed E-state index contributed by atoms with van der Waals surface area (Å²) >= 11 is 8.11. The lowest BCUT2D eigenvalue weighted by Crippen LogP contribution is -2.10. The summed E-state index contributed by atoms with van der Waals surface area (Å²) in [4.78, 5) is 0. The fourth-order valence-electron chi connectivity index (χ4n) is 0.524. The highest BCUT2D eigenvalue weighted by Crippen LogP contribution is 2.20. The van der Waals surface area contributed by atoms with Crippen molar-refractivity contribution in [2.45, 2.75) is 12.8 Å². The summed E-state index contributed by atoms with van der Waals surface area (Å²) in [5.41, 5.74) is 0. The maximum atomic E-state index is 11.7. The van der Waals surface area contributed by atoms with E-state index in [1.165, 1.54) is 0 Å². The lowest BCUT2D eigenvalue weighted by atomic mass is 9.91. The molecule has 0 aromatic carbocycles. The van der Waals surface area contributed by atoms with Crippen LogP contribution >= 0.6 is 27.5 Å². The number of alkyl halides is 1. The quantitative estimate of drug-likeness (QED) is 0.527. The number of hydrogen-bond donors (Lipinski definition) is 0. The first kappa shape index (κ1) is 11.4. The zero-order valence-electron chi connectivity index (χ0n) is 5.67. The van der Waals surface area contributed by atoms with Gasteiger partial charge in [0, 0.05) is 5.88 Å². The van der Waals surface area contributed by atoms with Crippen molar-refractivity contribution in [2.24, 2.45) is 0 Å². The topological polar surface area (TPSA) is 0 Å². The second kappa shape index (κ2) is 5.09. The SMILES string of the molecule is F[B-](F)(F)/C=C(\Br)CCCCl. The molecule has 0 aromatic heterocycles. The Morgan fingerprint density at radius 3 is 2.36 bits per heavy atom. The van der Waals surface area contributed by atoms with E-state index in [1.807, 2.05) is 0 Å². The van der Waals surface area contributed by atoms with Crippen LogP contribution in [-0.4, -0.2) is 12.9 Å². The van der Waals surface area contributed by atoms with Gasteiger partial charge in [-0.25, -0.2) is 0 Å². The Hall–Kier alpha value is 0.365. The van der Waals surface area contributed by atoms with E-state index in [-0.39, 0.29) is 4.48 Å². The predicted molar refractivity (Wildman–Crippen MR) is 46.0 cm³/mol. The highest BCUT2D eigenvalue weighted by atomic mass is 79.9. The van der Waals surface area contributed by atoms with Crippen molar-refractivity contribution in [2.75, 3.05) is 5.88 Å². The first-order chi connectivity index (χ1) is 4.95. The Labute approximate surface area is 77.0 Å². The summed E-state index contributed by atoms with van der Waals surface area (Å²) in [7, 11) is 0. The van der Waals surface area contributed by atoms with Crippen molar-refractivity contribution in [3.63, 3.8) is 0 Å². The zero-order chi connectivity index (χ0) is 8.91. The largest absolute Gasteiger partial charge is 0.503 e. The second-order valence-electron chi connectivity index (χ2n) is 2.03. The van der Waals surface area contributed by atoms with Crippen molar-refractivity contribution in [1.29, 1.82) is 0 Å². The van der Waals surface area contributed by atoms with Crippen LogP contribution < -0.4 is 0 Å². The Morgan fingerprint density at radius 2 is 2.00 bits per heavy atom. The molecule has 0 heterocycles. The molecule has 66 valence electrons. The lowest BCUT2D eigenvalue weighted by molar-refractivity contribution is 0.498. The van der Waals surface area contributed by atoms with Crippen LogP contribution in [0.1, 0.15) is 12.8 Å². The van der Waals surface area contributed by atoms with Crippen molar-refractivity contribution < 1.29 is 12.9 Å². The molecular formula is C5H7BBrClF3-. The third-order valence-electron chi connectivity index (χ3n) is 0.919. The normalized spacial score (nSPS) is 13.7. The summed E-state index contributed by atoms with van der Waals surface area (Å²) < 4.78 is 35.1. The molecule has 0 nitrogen and oxygen atoms in total. The number of halogens is 5. The van der Waals surface area contributed by atoms with Crippen LogP contribution in [0.2, 0.25) is 0 Å². The molecule has 0 spiro atoms. The molecule has 0 aliphatic heterocycles. The Bertz CT molecular complexity index is 145. The third kappa shape index (κ3) is 8.27. The average molecular weight is 250 g/mol. The molecule has 0 amide bonds. The van der Waals surface area contributed by atoms with Gasteiger partial charge in [-0.05, 0) is 17.3 Å². The Balaban J connectivity index is 3.81. The highest BCUT2D eigenvalue weighted by Gasteiger charge is 2.18. The van der Waals surface area contributed by atoms with Gasteiger partial charge in [0.2, 0.25) is 0 Å². The van der Waals surface area contributed by atoms with Gasteiger partial charge in [0.05, 0.1) is 0 Å². The molecule has 0 rings (SSSR count). The van der Waals surface area contributed by atoms with Gasteiger partial charge >= 0.3 is 6.98 Å². The van der Waals surface area contributed by atoms with Gasteiger partial charge < -0.3 is 12.9 Å². The van der Waals surface area contributed by atoms with Crippen LogP contribution in [0.15, 0.2) is 10.5 Å². The van der Waals surface area contributed by atoms with Crippen molar-refractivity contribution in [3.8, 4) is 0 Å². The fraction of sp³-hybridized carbons (Fsp3) is 0.600. The molecule has 11 heavy (non-hydrogen) atoms. The molecule has 0 saturated carbocycles. The summed E-state index contributed by atoms with van der Waals surface area (Å²) in [6.07, 6.45) is 0.912. The van der Waals surface area contributed by atoms with E-state index in [4.69, 9.17) is 11.6 Å². The number of allylic oxidation sites excluding steroid dienone is 1. The van der Waals surface area contributed by atoms with Crippen LogP contribution in [0.25, 0.3) is 0 Å². The summed E-state index contributed by atoms with van der Waals surface area (Å²) in [6, 6.07) is 0. The summed E-state index contributed by atoms with van der Waals surface area (Å²) in [6.45, 7) is -4.81. The first-order valence-electron chi connectivity index (χ1n) is 3.09. The van der Waals surface area contributed by atoms with Gasteiger partial charge in [-0.15, -0.1) is 17.6 Å². The van der Waals surface area contributed by atoms with E-state index in [9.17, 15) is 12.9 Å². The average Bonchev–Trinajstić information content (AvgIpc) is 1.79. The lowest BCUT2D eigenvalue weighted by Gasteiger charge is -2.08. The minimum atomic E-state index is -4.81. The molecule has 0 saturated heterocycles. The van der Waals surface area contributed by atoms with Crippen molar-refractivity contribution in [3.05, 3.63) is 10.5 Å². The van der Waals surface area contributed by atoms with Crippen LogP contribution in [0.5, 0.6) is 0 Å². The van der Waals surface area contributed by atoms with Gasteiger partial charge in [0.1, 0.15) is 0 Å². The van der Waals surface area contributed by atoms with E-state index < -0.39 is 6.98 Å². The van der Waals surface area contributed by atoms with Gasteiger partial charge in [-0.2, -0.15) is 0 Å². The minimum absolute atomic E-state index is 0.172. The van der Waals surface area contributed by atoms with Gasteiger partial charge in [-0.3, -0.25) is 0 Å². The van der Waals surface area contributed by atoms with Gasteiger partial charge in [0.15, 0.2) is 0 Å². The highest BCUT2D eigenvalue weighted by molar-refractivity contribution is 9.11. The van der Waals surface area contributed by atoms with Crippen LogP contribution in [-0.2, 0) is 0 Å². The maximum absolute atomic E-state index is 11.7. The maximum Gasteiger partial charge on any atom is 0.503 e. The molecule has 6 heteroatoms. The molecule has 0 radical (unpaired) electrons. The number of rotatable bonds is 4.